The number of nitrogens with one attached hydrogen (secondary N) is 2. The first-order valence-electron chi connectivity index (χ1n) is 9.91. The van der Waals surface area contributed by atoms with Crippen molar-refractivity contribution in [3.8, 4) is 0 Å². The number of unbranched alkanes of at least 4 members (excludes halogenated alkanes) is 8. The normalized spacial score (nSPS) is 14.5. The fourth-order valence-electron chi connectivity index (χ4n) is 3.61. The Labute approximate surface area is 152 Å². The minimum absolute atomic E-state index is 0.177. The number of para-hydroxylation sites is 2. The van der Waals surface area contributed by atoms with Crippen molar-refractivity contribution < 1.29 is 9.53 Å². The van der Waals surface area contributed by atoms with Gasteiger partial charge in [0.15, 0.2) is 0 Å². The van der Waals surface area contributed by atoms with Crippen molar-refractivity contribution in [3.05, 3.63) is 24.3 Å². The van der Waals surface area contributed by atoms with Gasteiger partial charge in [0, 0.05) is 0 Å². The molecule has 0 fully saturated rings. The summed E-state index contributed by atoms with van der Waals surface area (Å²) in [4.78, 5) is 11.9. The summed E-state index contributed by atoms with van der Waals surface area (Å²) in [5.41, 5.74) is 1.74. The topological polar surface area (TPSA) is 50.4 Å². The Hall–Kier alpha value is -1.71. The van der Waals surface area contributed by atoms with Crippen LogP contribution in [0.5, 0.6) is 0 Å². The smallest absolute Gasteiger partial charge is 0.309 e. The number of rotatable bonds is 12. The molecule has 2 N–H and O–H groups in total. The van der Waals surface area contributed by atoms with Crippen molar-refractivity contribution >= 4 is 17.3 Å². The first-order valence-corrected chi connectivity index (χ1v) is 9.91. The molecule has 0 saturated carbocycles. The van der Waals surface area contributed by atoms with Crippen LogP contribution >= 0.6 is 0 Å². The highest BCUT2D eigenvalue weighted by Crippen LogP contribution is 2.38. The fraction of sp³-hybridized carbons (Fsp3) is 0.667. The van der Waals surface area contributed by atoms with Crippen molar-refractivity contribution in [2.75, 3.05) is 17.7 Å². The minimum Gasteiger partial charge on any atom is -0.469 e. The lowest BCUT2D eigenvalue weighted by molar-refractivity contribution is -0.141. The second kappa shape index (κ2) is 10.3. The number of anilines is 2. The number of carbonyl (C=O) groups excluding carboxylic acids is 1. The van der Waals surface area contributed by atoms with E-state index in [0.29, 0.717) is 6.42 Å². The highest BCUT2D eigenvalue weighted by Gasteiger charge is 2.37. The summed E-state index contributed by atoms with van der Waals surface area (Å²) in [6.45, 7) is 2.26. The highest BCUT2D eigenvalue weighted by atomic mass is 16.5. The number of hydrogen-bond donors (Lipinski definition) is 2. The van der Waals surface area contributed by atoms with Crippen molar-refractivity contribution in [1.29, 1.82) is 0 Å². The molecule has 4 nitrogen and oxygen atoms in total. The van der Waals surface area contributed by atoms with Crippen LogP contribution in [-0.2, 0) is 9.53 Å². The average Bonchev–Trinajstić information content (AvgIpc) is 2.98. The van der Waals surface area contributed by atoms with Gasteiger partial charge in [0.05, 0.1) is 24.9 Å². The minimum atomic E-state index is -0.405. The van der Waals surface area contributed by atoms with E-state index in [2.05, 4.69) is 29.7 Å². The molecule has 0 amide bonds. The van der Waals surface area contributed by atoms with Crippen LogP contribution in [0, 0.1) is 0 Å². The van der Waals surface area contributed by atoms with Crippen molar-refractivity contribution in [3.63, 3.8) is 0 Å². The standard InChI is InChI=1S/C21H34N2O2/c1-3-4-5-6-7-8-9-10-13-16-21(17-20(24)25-2)22-18-14-11-12-15-19(18)23-21/h11-12,14-15,22-23H,3-10,13,16-17H2,1-2H3. The first kappa shape index (κ1) is 19.6. The summed E-state index contributed by atoms with van der Waals surface area (Å²) < 4.78 is 4.91. The molecule has 1 aromatic carbocycles. The molecule has 4 heteroatoms. The van der Waals surface area contributed by atoms with Gasteiger partial charge in [-0.15, -0.1) is 0 Å². The summed E-state index contributed by atoms with van der Waals surface area (Å²) in [6.07, 6.45) is 13.0. The molecular weight excluding hydrogens is 312 g/mol. The van der Waals surface area contributed by atoms with Crippen LogP contribution in [-0.4, -0.2) is 18.7 Å². The van der Waals surface area contributed by atoms with Crippen molar-refractivity contribution in [2.45, 2.75) is 83.2 Å². The van der Waals surface area contributed by atoms with Crippen LogP contribution < -0.4 is 10.6 Å². The van der Waals surface area contributed by atoms with E-state index in [1.165, 1.54) is 58.5 Å². The highest BCUT2D eigenvalue weighted by molar-refractivity contribution is 5.80. The molecule has 2 rings (SSSR count). The lowest BCUT2D eigenvalue weighted by atomic mass is 9.97. The van der Waals surface area contributed by atoms with E-state index in [1.807, 2.05) is 12.1 Å². The van der Waals surface area contributed by atoms with Crippen LogP contribution in [0.3, 0.4) is 0 Å². The molecule has 0 aliphatic carbocycles. The Bertz CT molecular complexity index is 505. The quantitative estimate of drug-likeness (QED) is 0.376. The maximum Gasteiger partial charge on any atom is 0.309 e. The van der Waals surface area contributed by atoms with E-state index in [9.17, 15) is 4.79 Å². The fourth-order valence-corrected chi connectivity index (χ4v) is 3.61. The molecule has 25 heavy (non-hydrogen) atoms. The Morgan fingerprint density at radius 1 is 0.920 bits per heavy atom. The third-order valence-corrected chi connectivity index (χ3v) is 5.06. The van der Waals surface area contributed by atoms with Crippen LogP contribution in [0.15, 0.2) is 24.3 Å². The molecule has 0 aromatic heterocycles. The summed E-state index contributed by atoms with van der Waals surface area (Å²) in [5.74, 6) is -0.177. The molecule has 1 heterocycles. The van der Waals surface area contributed by atoms with Crippen molar-refractivity contribution in [1.82, 2.24) is 0 Å². The summed E-state index contributed by atoms with van der Waals surface area (Å²) in [5, 5.41) is 7.05. The van der Waals surface area contributed by atoms with E-state index in [4.69, 9.17) is 4.74 Å². The van der Waals surface area contributed by atoms with E-state index in [0.717, 1.165) is 24.2 Å². The van der Waals surface area contributed by atoms with Gasteiger partial charge in [0.1, 0.15) is 5.66 Å². The summed E-state index contributed by atoms with van der Waals surface area (Å²) >= 11 is 0. The van der Waals surface area contributed by atoms with Gasteiger partial charge in [0.25, 0.3) is 0 Å². The van der Waals surface area contributed by atoms with Crippen molar-refractivity contribution in [2.24, 2.45) is 0 Å². The monoisotopic (exact) mass is 346 g/mol. The number of benzene rings is 1. The Balaban J connectivity index is 1.74. The lowest BCUT2D eigenvalue weighted by Gasteiger charge is -2.30. The number of methoxy groups -OCH3 is 1. The molecule has 0 unspecified atom stereocenters. The lowest BCUT2D eigenvalue weighted by Crippen LogP contribution is -2.44. The predicted molar refractivity (Wildman–Crippen MR) is 105 cm³/mol. The Kier molecular flexibility index (Phi) is 8.10. The zero-order valence-electron chi connectivity index (χ0n) is 15.9. The summed E-state index contributed by atoms with van der Waals surface area (Å²) in [7, 11) is 1.46. The number of fused-ring (bicyclic) bond motifs is 1. The van der Waals surface area contributed by atoms with Gasteiger partial charge in [0.2, 0.25) is 0 Å². The van der Waals surface area contributed by atoms with Crippen LogP contribution in [0.4, 0.5) is 11.4 Å². The first-order chi connectivity index (χ1) is 12.2. The third kappa shape index (κ3) is 6.26. The molecule has 1 aliphatic heterocycles. The van der Waals surface area contributed by atoms with E-state index >= 15 is 0 Å². The predicted octanol–water partition coefficient (Wildman–Crippen LogP) is 5.70. The maximum absolute atomic E-state index is 11.9. The third-order valence-electron chi connectivity index (χ3n) is 5.06. The molecule has 1 aromatic rings. The van der Waals surface area contributed by atoms with Gasteiger partial charge in [-0.25, -0.2) is 0 Å². The van der Waals surface area contributed by atoms with Gasteiger partial charge in [-0.2, -0.15) is 0 Å². The van der Waals surface area contributed by atoms with Gasteiger partial charge in [-0.3, -0.25) is 4.79 Å². The second-order valence-electron chi connectivity index (χ2n) is 7.21. The summed E-state index contributed by atoms with van der Waals surface area (Å²) in [6, 6.07) is 8.13. The molecule has 140 valence electrons. The van der Waals surface area contributed by atoms with Gasteiger partial charge >= 0.3 is 5.97 Å². The van der Waals surface area contributed by atoms with Gasteiger partial charge in [-0.1, -0.05) is 70.4 Å². The Morgan fingerprint density at radius 3 is 1.96 bits per heavy atom. The van der Waals surface area contributed by atoms with E-state index in [-0.39, 0.29) is 5.97 Å². The zero-order chi connectivity index (χ0) is 18.0. The van der Waals surface area contributed by atoms with Crippen LogP contribution in [0.25, 0.3) is 0 Å². The second-order valence-corrected chi connectivity index (χ2v) is 7.21. The van der Waals surface area contributed by atoms with Crippen LogP contribution in [0.2, 0.25) is 0 Å². The van der Waals surface area contributed by atoms with Gasteiger partial charge in [-0.05, 0) is 25.0 Å². The molecule has 1 aliphatic rings. The van der Waals surface area contributed by atoms with E-state index in [1.54, 1.807) is 0 Å². The largest absolute Gasteiger partial charge is 0.469 e. The van der Waals surface area contributed by atoms with E-state index < -0.39 is 5.66 Å². The average molecular weight is 347 g/mol. The molecule has 0 spiro atoms. The zero-order valence-corrected chi connectivity index (χ0v) is 15.9. The maximum atomic E-state index is 11.9. The molecule has 0 bridgehead atoms. The molecule has 0 atom stereocenters. The molecule has 0 radical (unpaired) electrons. The molecule has 0 saturated heterocycles. The Morgan fingerprint density at radius 2 is 1.44 bits per heavy atom. The molecular formula is C21H34N2O2. The number of ether oxygens (including phenoxy) is 1. The number of esters is 1. The SMILES string of the molecule is CCCCCCCCCCCC1(CC(=O)OC)Nc2ccccc2N1. The van der Waals surface area contributed by atoms with Gasteiger partial charge < -0.3 is 15.4 Å². The number of carbonyl (C=O) groups is 1. The van der Waals surface area contributed by atoms with Crippen LogP contribution in [0.1, 0.15) is 77.6 Å². The number of hydrogen-bond acceptors (Lipinski definition) is 4.